The Morgan fingerprint density at radius 2 is 0.696 bits per heavy atom. The molecule has 542 valence electrons. The Labute approximate surface area is 563 Å². The predicted octanol–water partition coefficient (Wildman–Crippen LogP) is 17.2. The van der Waals surface area contributed by atoms with E-state index in [0.29, 0.717) is 12.8 Å². The maximum absolute atomic E-state index is 13.3. The second kappa shape index (κ2) is 62.7. The standard InChI is InChI=1S/C78H147NO13/c1-3-5-7-9-11-13-15-17-19-21-22-23-24-25-26-27-28-29-30-31-32-33-34-35-36-37-38-39-40-41-42-43-44-46-48-50-52-54-56-58-60-62-70(83)79-66(67(82)61-59-57-55-53-51-49-47-45-20-18-16-14-12-10-8-6-4-2)65-89-77-75(88)73(86)76(69(64-81)91-77)92-78-74(87)72(85)71(84)68(63-80)90-78/h20,45,51,53,59,61,66-69,71-78,80-82,84-88H,3-19,21-44,46-50,52,54-58,60,62-65H2,1-2H3,(H,79,83)/b45-20+,53-51+,61-59+. The summed E-state index contributed by atoms with van der Waals surface area (Å²) in [5.41, 5.74) is 0. The molecular formula is C78H147NO13. The Morgan fingerprint density at radius 3 is 1.07 bits per heavy atom. The zero-order valence-corrected chi connectivity index (χ0v) is 59.3. The molecule has 2 aliphatic rings. The molecule has 2 aliphatic heterocycles. The molecule has 14 nitrogen and oxygen atoms in total. The minimum absolute atomic E-state index is 0.247. The lowest BCUT2D eigenvalue weighted by Gasteiger charge is -2.46. The Balaban J connectivity index is 1.54. The van der Waals surface area contributed by atoms with Crippen LogP contribution >= 0.6 is 0 Å². The molecular weight excluding hydrogens is 1160 g/mol. The zero-order valence-electron chi connectivity index (χ0n) is 59.3. The number of hydrogen-bond acceptors (Lipinski definition) is 13. The fraction of sp³-hybridized carbons (Fsp3) is 0.910. The number of carbonyl (C=O) groups is 1. The highest BCUT2D eigenvalue weighted by Crippen LogP contribution is 2.30. The summed E-state index contributed by atoms with van der Waals surface area (Å²) < 4.78 is 22.8. The number of rotatable bonds is 66. The molecule has 92 heavy (non-hydrogen) atoms. The predicted molar refractivity (Wildman–Crippen MR) is 378 cm³/mol. The first-order valence-corrected chi connectivity index (χ1v) is 39.2. The third-order valence-electron chi connectivity index (χ3n) is 19.3. The van der Waals surface area contributed by atoms with Gasteiger partial charge in [-0.3, -0.25) is 4.79 Å². The molecule has 0 aromatic carbocycles. The van der Waals surface area contributed by atoms with Crippen LogP contribution in [0.4, 0.5) is 0 Å². The first-order valence-electron chi connectivity index (χ1n) is 39.2. The van der Waals surface area contributed by atoms with Crippen LogP contribution in [0.1, 0.15) is 361 Å². The molecule has 0 aromatic heterocycles. The van der Waals surface area contributed by atoms with E-state index >= 15 is 0 Å². The van der Waals surface area contributed by atoms with Gasteiger partial charge in [-0.2, -0.15) is 0 Å². The van der Waals surface area contributed by atoms with E-state index in [2.05, 4.69) is 43.5 Å². The number of carbonyl (C=O) groups excluding carboxylic acids is 1. The molecule has 9 N–H and O–H groups in total. The van der Waals surface area contributed by atoms with E-state index in [0.717, 1.165) is 44.9 Å². The van der Waals surface area contributed by atoms with Crippen molar-refractivity contribution in [3.8, 4) is 0 Å². The van der Waals surface area contributed by atoms with Crippen LogP contribution in [0, 0.1) is 0 Å². The number of hydrogen-bond donors (Lipinski definition) is 9. The molecule has 1 amide bonds. The average Bonchev–Trinajstić information content (AvgIpc) is 0.835. The fourth-order valence-electron chi connectivity index (χ4n) is 13.1. The Morgan fingerprint density at radius 1 is 0.380 bits per heavy atom. The van der Waals surface area contributed by atoms with Crippen molar-refractivity contribution in [2.24, 2.45) is 0 Å². The smallest absolute Gasteiger partial charge is 0.220 e. The molecule has 0 saturated carbocycles. The first-order chi connectivity index (χ1) is 45.1. The molecule has 0 radical (unpaired) electrons. The number of allylic oxidation sites excluding steroid dienone is 5. The second-order valence-electron chi connectivity index (χ2n) is 27.8. The third-order valence-corrected chi connectivity index (χ3v) is 19.3. The molecule has 0 aliphatic carbocycles. The van der Waals surface area contributed by atoms with Crippen LogP contribution in [0.3, 0.4) is 0 Å². The molecule has 0 bridgehead atoms. The lowest BCUT2D eigenvalue weighted by Crippen LogP contribution is -2.65. The van der Waals surface area contributed by atoms with E-state index in [9.17, 15) is 45.6 Å². The van der Waals surface area contributed by atoms with E-state index in [1.165, 1.54) is 283 Å². The van der Waals surface area contributed by atoms with Crippen molar-refractivity contribution in [1.82, 2.24) is 5.32 Å². The Hall–Kier alpha value is -1.79. The minimum atomic E-state index is -1.79. The topological polar surface area (TPSA) is 228 Å². The summed E-state index contributed by atoms with van der Waals surface area (Å²) in [5, 5.41) is 87.4. The van der Waals surface area contributed by atoms with E-state index in [-0.39, 0.29) is 18.9 Å². The van der Waals surface area contributed by atoms with Crippen molar-refractivity contribution in [3.05, 3.63) is 36.5 Å². The van der Waals surface area contributed by atoms with Gasteiger partial charge in [0.25, 0.3) is 0 Å². The number of amides is 1. The van der Waals surface area contributed by atoms with Crippen molar-refractivity contribution >= 4 is 5.91 Å². The zero-order chi connectivity index (χ0) is 66.6. The summed E-state index contributed by atoms with van der Waals surface area (Å²) in [6, 6.07) is -0.937. The number of ether oxygens (including phenoxy) is 4. The molecule has 2 fully saturated rings. The van der Waals surface area contributed by atoms with Crippen LogP contribution in [-0.2, 0) is 23.7 Å². The molecule has 0 aromatic rings. The summed E-state index contributed by atoms with van der Waals surface area (Å²) in [4.78, 5) is 13.3. The quantitative estimate of drug-likeness (QED) is 0.0204. The number of unbranched alkanes of at least 4 members (excludes halogenated alkanes) is 49. The highest BCUT2D eigenvalue weighted by Gasteiger charge is 2.51. The van der Waals surface area contributed by atoms with E-state index < -0.39 is 86.8 Å². The monoisotopic (exact) mass is 1310 g/mol. The molecule has 2 heterocycles. The van der Waals surface area contributed by atoms with Gasteiger partial charge < -0.3 is 65.1 Å². The van der Waals surface area contributed by atoms with Crippen LogP contribution < -0.4 is 5.32 Å². The van der Waals surface area contributed by atoms with Crippen molar-refractivity contribution in [2.45, 2.75) is 434 Å². The SMILES string of the molecule is CCCCCCCCC/C=C/CC/C=C/CC/C=C/C(O)C(COC1OC(CO)C(OC2OC(CO)C(O)C(O)C2O)C(O)C1O)NC(=O)CCCCCCCCCCCCCCCCCCCCCCCCCCCCCCCCCCCCCCCCCCC. The maximum atomic E-state index is 13.3. The van der Waals surface area contributed by atoms with E-state index in [1.807, 2.05) is 6.08 Å². The van der Waals surface area contributed by atoms with Gasteiger partial charge >= 0.3 is 0 Å². The van der Waals surface area contributed by atoms with Gasteiger partial charge in [0.15, 0.2) is 12.6 Å². The van der Waals surface area contributed by atoms with Gasteiger partial charge in [0, 0.05) is 6.42 Å². The first kappa shape index (κ1) is 86.3. The minimum Gasteiger partial charge on any atom is -0.394 e. The summed E-state index contributed by atoms with van der Waals surface area (Å²) in [7, 11) is 0. The van der Waals surface area contributed by atoms with Gasteiger partial charge in [-0.15, -0.1) is 0 Å². The van der Waals surface area contributed by atoms with Gasteiger partial charge in [-0.25, -0.2) is 0 Å². The summed E-state index contributed by atoms with van der Waals surface area (Å²) in [6.07, 6.45) is 65.5. The Bertz CT molecular complexity index is 1680. The van der Waals surface area contributed by atoms with Crippen molar-refractivity contribution in [3.63, 3.8) is 0 Å². The van der Waals surface area contributed by atoms with Gasteiger partial charge in [-0.05, 0) is 44.9 Å². The van der Waals surface area contributed by atoms with Gasteiger partial charge in [0.2, 0.25) is 5.91 Å². The van der Waals surface area contributed by atoms with Crippen LogP contribution in [0.5, 0.6) is 0 Å². The van der Waals surface area contributed by atoms with Crippen molar-refractivity contribution in [2.75, 3.05) is 19.8 Å². The number of aliphatic hydroxyl groups excluding tert-OH is 8. The van der Waals surface area contributed by atoms with Gasteiger partial charge in [0.05, 0.1) is 32.0 Å². The lowest BCUT2D eigenvalue weighted by atomic mass is 9.97. The van der Waals surface area contributed by atoms with E-state index in [4.69, 9.17) is 18.9 Å². The van der Waals surface area contributed by atoms with Crippen LogP contribution in [0.15, 0.2) is 36.5 Å². The maximum Gasteiger partial charge on any atom is 0.220 e. The highest BCUT2D eigenvalue weighted by atomic mass is 16.7. The highest BCUT2D eigenvalue weighted by molar-refractivity contribution is 5.76. The number of aliphatic hydroxyl groups is 8. The van der Waals surface area contributed by atoms with Gasteiger partial charge in [0.1, 0.15) is 48.8 Å². The van der Waals surface area contributed by atoms with Crippen LogP contribution in [-0.4, -0.2) is 140 Å². The summed E-state index contributed by atoms with van der Waals surface area (Å²) in [6.45, 7) is 2.81. The van der Waals surface area contributed by atoms with Crippen LogP contribution in [0.25, 0.3) is 0 Å². The molecule has 2 saturated heterocycles. The van der Waals surface area contributed by atoms with Crippen molar-refractivity contribution < 1.29 is 64.6 Å². The van der Waals surface area contributed by atoms with Crippen molar-refractivity contribution in [1.29, 1.82) is 0 Å². The summed E-state index contributed by atoms with van der Waals surface area (Å²) >= 11 is 0. The normalized spacial score (nSPS) is 22.8. The summed E-state index contributed by atoms with van der Waals surface area (Å²) in [5.74, 6) is -0.247. The lowest BCUT2D eigenvalue weighted by molar-refractivity contribution is -0.359. The average molecular weight is 1310 g/mol. The molecule has 12 unspecified atom stereocenters. The molecule has 12 atom stereocenters. The number of nitrogens with one attached hydrogen (secondary N) is 1. The second-order valence-corrected chi connectivity index (χ2v) is 27.8. The Kier molecular flexibility index (Phi) is 58.8. The largest absolute Gasteiger partial charge is 0.394 e. The fourth-order valence-corrected chi connectivity index (χ4v) is 13.1. The third kappa shape index (κ3) is 45.7. The van der Waals surface area contributed by atoms with Crippen LogP contribution in [0.2, 0.25) is 0 Å². The van der Waals surface area contributed by atoms with Gasteiger partial charge in [-0.1, -0.05) is 346 Å². The van der Waals surface area contributed by atoms with E-state index in [1.54, 1.807) is 6.08 Å². The molecule has 14 heteroatoms. The molecule has 0 spiro atoms. The molecule has 2 rings (SSSR count).